The zero-order chi connectivity index (χ0) is 21.8. The van der Waals surface area contributed by atoms with Crippen LogP contribution in [0.1, 0.15) is 30.0 Å². The van der Waals surface area contributed by atoms with Gasteiger partial charge in [0.05, 0.1) is 11.1 Å². The molecule has 0 saturated carbocycles. The summed E-state index contributed by atoms with van der Waals surface area (Å²) in [5.74, 6) is -0.0953. The number of carbonyl (C=O) groups excluding carboxylic acids is 1. The predicted molar refractivity (Wildman–Crippen MR) is 115 cm³/mol. The molecular weight excluding hydrogens is 435 g/mol. The first-order valence-corrected chi connectivity index (χ1v) is 10.6. The lowest BCUT2D eigenvalue weighted by molar-refractivity contribution is 0.178. The third-order valence-electron chi connectivity index (χ3n) is 6.23. The van der Waals surface area contributed by atoms with Crippen LogP contribution in [0.5, 0.6) is 0 Å². The van der Waals surface area contributed by atoms with E-state index in [0.717, 1.165) is 24.0 Å². The van der Waals surface area contributed by atoms with Crippen LogP contribution in [-0.2, 0) is 6.42 Å². The monoisotopic (exact) mass is 450 g/mol. The summed E-state index contributed by atoms with van der Waals surface area (Å²) < 4.78 is 18.9. The van der Waals surface area contributed by atoms with Gasteiger partial charge in [-0.3, -0.25) is 5.32 Å². The van der Waals surface area contributed by atoms with E-state index in [0.29, 0.717) is 39.4 Å². The fraction of sp³-hybridized carbons (Fsp3) is 0.227. The Morgan fingerprint density at radius 1 is 1.16 bits per heavy atom. The molecule has 2 aliphatic heterocycles. The number of amides is 2. The Bertz CT molecular complexity index is 1380. The van der Waals surface area contributed by atoms with E-state index >= 15 is 0 Å². The van der Waals surface area contributed by atoms with Gasteiger partial charge in [0.25, 0.3) is 0 Å². The van der Waals surface area contributed by atoms with Crippen molar-refractivity contribution in [1.29, 1.82) is 0 Å². The number of carbonyl (C=O) groups is 1. The number of aromatic nitrogens is 4. The van der Waals surface area contributed by atoms with E-state index in [-0.39, 0.29) is 18.1 Å². The number of hydrogen-bond acceptors (Lipinski definition) is 6. The van der Waals surface area contributed by atoms with Crippen molar-refractivity contribution in [3.63, 3.8) is 0 Å². The van der Waals surface area contributed by atoms with Crippen molar-refractivity contribution in [2.75, 3.05) is 5.32 Å². The van der Waals surface area contributed by atoms with Gasteiger partial charge in [-0.2, -0.15) is 4.39 Å². The highest BCUT2D eigenvalue weighted by atomic mass is 35.5. The average Bonchev–Trinajstić information content (AvgIpc) is 3.37. The third-order valence-corrected chi connectivity index (χ3v) is 6.54. The molecule has 2 bridgehead atoms. The zero-order valence-electron chi connectivity index (χ0n) is 16.6. The second-order valence-electron chi connectivity index (χ2n) is 7.98. The van der Waals surface area contributed by atoms with E-state index < -0.39 is 5.95 Å². The molecule has 8 nitrogen and oxygen atoms in total. The Morgan fingerprint density at radius 3 is 2.91 bits per heavy atom. The number of urea groups is 1. The van der Waals surface area contributed by atoms with Gasteiger partial charge in [-0.1, -0.05) is 17.7 Å². The van der Waals surface area contributed by atoms with Crippen molar-refractivity contribution >= 4 is 34.5 Å². The highest BCUT2D eigenvalue weighted by molar-refractivity contribution is 6.33. The number of nitrogens with one attached hydrogen (secondary N) is 1. The second-order valence-corrected chi connectivity index (χ2v) is 8.38. The molecule has 5 heterocycles. The number of hydrogen-bond donors (Lipinski definition) is 1. The molecule has 1 N–H and O–H groups in total. The number of rotatable bonds is 2. The van der Waals surface area contributed by atoms with Crippen LogP contribution >= 0.6 is 11.6 Å². The summed E-state index contributed by atoms with van der Waals surface area (Å²) in [7, 11) is 0. The van der Waals surface area contributed by atoms with Gasteiger partial charge >= 0.3 is 6.03 Å². The first kappa shape index (κ1) is 19.1. The predicted octanol–water partition coefficient (Wildman–Crippen LogP) is 4.77. The standard InChI is InChI=1S/C22H16ClFN6O2/c23-16-9-20(26-10-15(16)11-1-3-17-18(7-11)29-32-28-17)27-22(31)30-12-2-4-19(30)13-5-6-25-21(24)14(13)8-12/h1,3,5-7,9-10,12,19H,2,4,8H2,(H,26,27,31)/t12-,19+/m0/s1. The lowest BCUT2D eigenvalue weighted by Gasteiger charge is -2.36. The van der Waals surface area contributed by atoms with Gasteiger partial charge in [-0.05, 0) is 58.9 Å². The minimum Gasteiger partial charge on any atom is -0.314 e. The summed E-state index contributed by atoms with van der Waals surface area (Å²) in [6.45, 7) is 0. The topological polar surface area (TPSA) is 97.0 Å². The molecule has 0 aliphatic carbocycles. The van der Waals surface area contributed by atoms with E-state index in [4.69, 9.17) is 16.2 Å². The highest BCUT2D eigenvalue weighted by Gasteiger charge is 2.43. The molecular formula is C22H16ClFN6O2. The number of fused-ring (bicyclic) bond motifs is 5. The van der Waals surface area contributed by atoms with E-state index in [2.05, 4.69) is 25.6 Å². The third kappa shape index (κ3) is 3.00. The molecule has 0 spiro atoms. The highest BCUT2D eigenvalue weighted by Crippen LogP contribution is 2.44. The van der Waals surface area contributed by atoms with E-state index in [1.54, 1.807) is 29.3 Å². The summed E-state index contributed by atoms with van der Waals surface area (Å²) in [6.07, 6.45) is 5.13. The Morgan fingerprint density at radius 2 is 2.03 bits per heavy atom. The molecule has 3 aromatic heterocycles. The van der Waals surface area contributed by atoms with Gasteiger partial charge in [-0.15, -0.1) is 0 Å². The molecule has 4 aromatic rings. The van der Waals surface area contributed by atoms with Gasteiger partial charge in [0.2, 0.25) is 5.95 Å². The Labute approximate surface area is 186 Å². The van der Waals surface area contributed by atoms with Gasteiger partial charge in [0, 0.05) is 35.6 Å². The first-order valence-electron chi connectivity index (χ1n) is 10.2. The molecule has 1 aromatic carbocycles. The van der Waals surface area contributed by atoms with Crippen molar-refractivity contribution in [2.45, 2.75) is 31.3 Å². The molecule has 2 atom stereocenters. The van der Waals surface area contributed by atoms with Crippen molar-refractivity contribution in [3.8, 4) is 11.1 Å². The summed E-state index contributed by atoms with van der Waals surface area (Å²) in [4.78, 5) is 23.0. The van der Waals surface area contributed by atoms with Crippen LogP contribution in [0.4, 0.5) is 15.0 Å². The number of anilines is 1. The Balaban J connectivity index is 1.25. The molecule has 1 saturated heterocycles. The normalized spacial score (nSPS) is 19.2. The Kier molecular flexibility index (Phi) is 4.32. The second kappa shape index (κ2) is 7.23. The number of halogens is 2. The van der Waals surface area contributed by atoms with Crippen molar-refractivity contribution in [2.24, 2.45) is 0 Å². The number of benzene rings is 1. The van der Waals surface area contributed by atoms with Gasteiger partial charge in [0.15, 0.2) is 0 Å². The molecule has 32 heavy (non-hydrogen) atoms. The van der Waals surface area contributed by atoms with Crippen LogP contribution in [0, 0.1) is 5.95 Å². The lowest BCUT2D eigenvalue weighted by Crippen LogP contribution is -2.44. The molecule has 0 radical (unpaired) electrons. The maximum Gasteiger partial charge on any atom is 0.323 e. The summed E-state index contributed by atoms with van der Waals surface area (Å²) >= 11 is 6.50. The zero-order valence-corrected chi connectivity index (χ0v) is 17.4. The Hall–Kier alpha value is -3.59. The molecule has 160 valence electrons. The molecule has 2 amide bonds. The number of pyridine rings is 2. The number of nitrogens with zero attached hydrogens (tertiary/aromatic N) is 5. The van der Waals surface area contributed by atoms with Crippen LogP contribution in [0.3, 0.4) is 0 Å². The minimum absolute atomic E-state index is 0.0660. The van der Waals surface area contributed by atoms with Crippen molar-refractivity contribution < 1.29 is 13.8 Å². The summed E-state index contributed by atoms with van der Waals surface area (Å²) in [6, 6.07) is 8.36. The van der Waals surface area contributed by atoms with Crippen LogP contribution in [-0.4, -0.2) is 37.3 Å². The molecule has 10 heteroatoms. The largest absolute Gasteiger partial charge is 0.323 e. The maximum absolute atomic E-state index is 14.1. The smallest absolute Gasteiger partial charge is 0.314 e. The fourth-order valence-electron chi connectivity index (χ4n) is 4.76. The van der Waals surface area contributed by atoms with Crippen LogP contribution in [0.2, 0.25) is 5.02 Å². The summed E-state index contributed by atoms with van der Waals surface area (Å²) in [5, 5.41) is 10.9. The van der Waals surface area contributed by atoms with Gasteiger partial charge in [0.1, 0.15) is 16.9 Å². The van der Waals surface area contributed by atoms with E-state index in [1.165, 1.54) is 6.20 Å². The summed E-state index contributed by atoms with van der Waals surface area (Å²) in [5.41, 5.74) is 4.22. The quantitative estimate of drug-likeness (QED) is 0.442. The van der Waals surface area contributed by atoms with Crippen LogP contribution < -0.4 is 5.32 Å². The van der Waals surface area contributed by atoms with Crippen molar-refractivity contribution in [1.82, 2.24) is 25.2 Å². The minimum atomic E-state index is -0.442. The van der Waals surface area contributed by atoms with Crippen molar-refractivity contribution in [3.05, 3.63) is 64.8 Å². The molecule has 2 aliphatic rings. The van der Waals surface area contributed by atoms with Crippen LogP contribution in [0.25, 0.3) is 22.2 Å². The maximum atomic E-state index is 14.1. The van der Waals surface area contributed by atoms with E-state index in [1.807, 2.05) is 12.1 Å². The first-order chi connectivity index (χ1) is 15.6. The molecule has 1 fully saturated rings. The van der Waals surface area contributed by atoms with E-state index in [9.17, 15) is 9.18 Å². The van der Waals surface area contributed by atoms with Gasteiger partial charge < -0.3 is 4.90 Å². The molecule has 0 unspecified atom stereocenters. The molecule has 6 rings (SSSR count). The van der Waals surface area contributed by atoms with Gasteiger partial charge in [-0.25, -0.2) is 19.4 Å². The SMILES string of the molecule is O=C(Nc1cc(Cl)c(-c2ccc3nonc3c2)cn1)N1[C@H]2CC[C@@H]1c1ccnc(F)c1C2. The lowest BCUT2D eigenvalue weighted by atomic mass is 9.95. The average molecular weight is 451 g/mol. The fourth-order valence-corrected chi connectivity index (χ4v) is 5.02. The van der Waals surface area contributed by atoms with Crippen LogP contribution in [0.15, 0.2) is 47.4 Å².